The lowest BCUT2D eigenvalue weighted by molar-refractivity contribution is -0.118. The fourth-order valence-electron chi connectivity index (χ4n) is 2.91. The lowest BCUT2D eigenvalue weighted by Crippen LogP contribution is -2.17. The second-order valence-electron chi connectivity index (χ2n) is 6.81. The average molecular weight is 381 g/mol. The molecule has 0 aliphatic carbocycles. The first-order valence-electron chi connectivity index (χ1n) is 8.96. The van der Waals surface area contributed by atoms with Crippen molar-refractivity contribution in [3.8, 4) is 11.5 Å². The molecule has 0 atom stereocenters. The first kappa shape index (κ1) is 19.5. The Morgan fingerprint density at radius 1 is 1.00 bits per heavy atom. The van der Waals surface area contributed by atoms with Gasteiger partial charge in [0.05, 0.1) is 14.2 Å². The van der Waals surface area contributed by atoms with E-state index in [4.69, 9.17) is 13.9 Å². The van der Waals surface area contributed by atoms with Crippen LogP contribution in [0.3, 0.4) is 0 Å². The molecule has 1 amide bonds. The fraction of sp³-hybridized carbons (Fsp3) is 0.273. The molecule has 6 heteroatoms. The van der Waals surface area contributed by atoms with Crippen LogP contribution in [0, 0.1) is 12.8 Å². The Morgan fingerprint density at radius 2 is 1.71 bits per heavy atom. The van der Waals surface area contributed by atoms with E-state index in [1.54, 1.807) is 37.4 Å². The monoisotopic (exact) mass is 381 g/mol. The van der Waals surface area contributed by atoms with Crippen LogP contribution in [0.5, 0.6) is 11.5 Å². The number of benzene rings is 2. The number of ether oxygens (including phenoxy) is 2. The summed E-state index contributed by atoms with van der Waals surface area (Å²) >= 11 is 0. The van der Waals surface area contributed by atoms with Crippen molar-refractivity contribution in [2.45, 2.75) is 20.8 Å². The van der Waals surface area contributed by atoms with Gasteiger partial charge in [-0.05, 0) is 37.3 Å². The number of methoxy groups -OCH3 is 2. The molecule has 2 aromatic carbocycles. The molecular formula is C22H23NO5. The topological polar surface area (TPSA) is 77.8 Å². The minimum absolute atomic E-state index is 0.0794. The van der Waals surface area contributed by atoms with E-state index in [1.807, 2.05) is 26.8 Å². The van der Waals surface area contributed by atoms with E-state index < -0.39 is 0 Å². The number of hydrogen-bond acceptors (Lipinski definition) is 5. The minimum Gasteiger partial charge on any atom is -0.493 e. The SMILES string of the molecule is COc1ccc(C(=O)c2oc3cc(NC(=O)C(C)C)ccc3c2C)cc1OC. The summed E-state index contributed by atoms with van der Waals surface area (Å²) in [6, 6.07) is 10.4. The Hall–Kier alpha value is -3.28. The molecule has 1 heterocycles. The van der Waals surface area contributed by atoms with Gasteiger partial charge in [-0.2, -0.15) is 0 Å². The van der Waals surface area contributed by atoms with Gasteiger partial charge in [-0.25, -0.2) is 0 Å². The van der Waals surface area contributed by atoms with E-state index in [2.05, 4.69) is 5.32 Å². The molecular weight excluding hydrogens is 358 g/mol. The molecule has 0 saturated carbocycles. The molecule has 0 radical (unpaired) electrons. The molecule has 0 fully saturated rings. The molecule has 0 unspecified atom stereocenters. The van der Waals surface area contributed by atoms with Crippen molar-refractivity contribution in [1.29, 1.82) is 0 Å². The van der Waals surface area contributed by atoms with Crippen LogP contribution in [-0.2, 0) is 4.79 Å². The number of anilines is 1. The Morgan fingerprint density at radius 3 is 2.36 bits per heavy atom. The van der Waals surface area contributed by atoms with E-state index in [9.17, 15) is 9.59 Å². The van der Waals surface area contributed by atoms with Gasteiger partial charge >= 0.3 is 0 Å². The maximum Gasteiger partial charge on any atom is 0.228 e. The van der Waals surface area contributed by atoms with Gasteiger partial charge in [0.1, 0.15) is 5.58 Å². The zero-order chi connectivity index (χ0) is 20.4. The summed E-state index contributed by atoms with van der Waals surface area (Å²) in [5, 5.41) is 3.66. The van der Waals surface area contributed by atoms with Gasteiger partial charge in [-0.1, -0.05) is 13.8 Å². The first-order valence-corrected chi connectivity index (χ1v) is 8.96. The number of ketones is 1. The Bertz CT molecular complexity index is 1050. The van der Waals surface area contributed by atoms with Gasteiger partial charge in [-0.15, -0.1) is 0 Å². The third-order valence-corrected chi connectivity index (χ3v) is 4.58. The van der Waals surface area contributed by atoms with Gasteiger partial charge in [0.25, 0.3) is 0 Å². The first-order chi connectivity index (χ1) is 13.3. The third-order valence-electron chi connectivity index (χ3n) is 4.58. The summed E-state index contributed by atoms with van der Waals surface area (Å²) in [7, 11) is 3.06. The lowest BCUT2D eigenvalue weighted by atomic mass is 10.0. The van der Waals surface area contributed by atoms with Gasteiger partial charge in [-0.3, -0.25) is 9.59 Å². The molecule has 3 rings (SSSR count). The van der Waals surface area contributed by atoms with Crippen LogP contribution >= 0.6 is 0 Å². The second-order valence-corrected chi connectivity index (χ2v) is 6.81. The molecule has 0 spiro atoms. The summed E-state index contributed by atoms with van der Waals surface area (Å²) in [5.41, 5.74) is 2.36. The van der Waals surface area contributed by atoms with Crippen LogP contribution in [0.15, 0.2) is 40.8 Å². The number of rotatable bonds is 6. The number of hydrogen-bond donors (Lipinski definition) is 1. The highest BCUT2D eigenvalue weighted by Gasteiger charge is 2.21. The predicted octanol–water partition coefficient (Wildman–Crippen LogP) is 4.58. The number of carbonyl (C=O) groups excluding carboxylic acids is 2. The number of amides is 1. The van der Waals surface area contributed by atoms with E-state index in [-0.39, 0.29) is 23.4 Å². The minimum atomic E-state index is -0.248. The molecule has 0 saturated heterocycles. The normalized spacial score (nSPS) is 10.9. The number of carbonyl (C=O) groups is 2. The Balaban J connectivity index is 1.98. The van der Waals surface area contributed by atoms with Crippen molar-refractivity contribution in [2.75, 3.05) is 19.5 Å². The lowest BCUT2D eigenvalue weighted by Gasteiger charge is -2.08. The van der Waals surface area contributed by atoms with Gasteiger partial charge in [0.15, 0.2) is 17.3 Å². The van der Waals surface area contributed by atoms with Gasteiger partial charge < -0.3 is 19.2 Å². The smallest absolute Gasteiger partial charge is 0.228 e. The van der Waals surface area contributed by atoms with Crippen molar-refractivity contribution in [3.05, 3.63) is 53.3 Å². The molecule has 28 heavy (non-hydrogen) atoms. The number of furan rings is 1. The zero-order valence-electron chi connectivity index (χ0n) is 16.6. The van der Waals surface area contributed by atoms with Crippen LogP contribution < -0.4 is 14.8 Å². The third kappa shape index (κ3) is 3.58. The summed E-state index contributed by atoms with van der Waals surface area (Å²) in [6.07, 6.45) is 0. The molecule has 0 bridgehead atoms. The Labute approximate surface area is 163 Å². The van der Waals surface area contributed by atoms with E-state index in [1.165, 1.54) is 7.11 Å². The zero-order valence-corrected chi connectivity index (χ0v) is 16.6. The second kappa shape index (κ2) is 7.76. The number of aryl methyl sites for hydroxylation is 1. The van der Waals surface area contributed by atoms with E-state index in [0.29, 0.717) is 28.3 Å². The molecule has 0 aliphatic rings. The maximum atomic E-state index is 13.0. The molecule has 6 nitrogen and oxygen atoms in total. The summed E-state index contributed by atoms with van der Waals surface area (Å²) < 4.78 is 16.3. The largest absolute Gasteiger partial charge is 0.493 e. The highest BCUT2D eigenvalue weighted by Crippen LogP contribution is 2.32. The summed E-state index contributed by atoms with van der Waals surface area (Å²) in [6.45, 7) is 5.49. The van der Waals surface area contributed by atoms with E-state index in [0.717, 1.165) is 10.9 Å². The number of nitrogens with one attached hydrogen (secondary N) is 1. The average Bonchev–Trinajstić information content (AvgIpc) is 3.02. The standard InChI is InChI=1S/C22H23NO5/c1-12(2)22(25)23-15-7-8-16-13(3)21(28-18(16)11-15)20(24)14-6-9-17(26-4)19(10-14)27-5/h6-12H,1-5H3,(H,23,25). The fourth-order valence-corrected chi connectivity index (χ4v) is 2.91. The molecule has 0 aliphatic heterocycles. The molecule has 1 N–H and O–H groups in total. The van der Waals surface area contributed by atoms with Crippen molar-refractivity contribution in [2.24, 2.45) is 5.92 Å². The van der Waals surface area contributed by atoms with Crippen molar-refractivity contribution < 1.29 is 23.5 Å². The molecule has 3 aromatic rings. The van der Waals surface area contributed by atoms with Crippen LogP contribution in [0.4, 0.5) is 5.69 Å². The molecule has 1 aromatic heterocycles. The van der Waals surface area contributed by atoms with Crippen LogP contribution in [0.1, 0.15) is 35.5 Å². The predicted molar refractivity (Wildman–Crippen MR) is 107 cm³/mol. The van der Waals surface area contributed by atoms with Crippen LogP contribution in [-0.4, -0.2) is 25.9 Å². The highest BCUT2D eigenvalue weighted by molar-refractivity contribution is 6.11. The van der Waals surface area contributed by atoms with Crippen molar-refractivity contribution in [3.63, 3.8) is 0 Å². The van der Waals surface area contributed by atoms with Gasteiger partial charge in [0, 0.05) is 34.2 Å². The summed E-state index contributed by atoms with van der Waals surface area (Å²) in [4.78, 5) is 24.9. The highest BCUT2D eigenvalue weighted by atomic mass is 16.5. The quantitative estimate of drug-likeness (QED) is 0.632. The van der Waals surface area contributed by atoms with E-state index >= 15 is 0 Å². The van der Waals surface area contributed by atoms with Crippen LogP contribution in [0.25, 0.3) is 11.0 Å². The Kier molecular flexibility index (Phi) is 5.40. The van der Waals surface area contributed by atoms with Crippen molar-refractivity contribution in [1.82, 2.24) is 0 Å². The molecule has 146 valence electrons. The van der Waals surface area contributed by atoms with Crippen molar-refractivity contribution >= 4 is 28.3 Å². The number of fused-ring (bicyclic) bond motifs is 1. The van der Waals surface area contributed by atoms with Gasteiger partial charge in [0.2, 0.25) is 11.7 Å². The maximum absolute atomic E-state index is 13.0. The summed E-state index contributed by atoms with van der Waals surface area (Å²) in [5.74, 6) is 0.823. The van der Waals surface area contributed by atoms with Crippen LogP contribution in [0.2, 0.25) is 0 Å².